The average Bonchev–Trinajstić information content (AvgIpc) is 2.26. The highest BCUT2D eigenvalue weighted by molar-refractivity contribution is 5.68. The first-order valence-electron chi connectivity index (χ1n) is 7.63. The van der Waals surface area contributed by atoms with Crippen LogP contribution in [-0.2, 0) is 4.74 Å². The van der Waals surface area contributed by atoms with Crippen LogP contribution in [0.4, 0.5) is 4.79 Å². The van der Waals surface area contributed by atoms with Crippen molar-refractivity contribution in [2.24, 2.45) is 17.3 Å². The number of ether oxygens (including phenoxy) is 1. The highest BCUT2D eigenvalue weighted by atomic mass is 16.6. The van der Waals surface area contributed by atoms with E-state index in [1.54, 1.807) is 0 Å². The van der Waals surface area contributed by atoms with E-state index in [-0.39, 0.29) is 18.1 Å². The molecular formula is C16H31NO3. The molecule has 0 bridgehead atoms. The predicted octanol–water partition coefficient (Wildman–Crippen LogP) is 3.29. The van der Waals surface area contributed by atoms with Crippen LogP contribution in [0.25, 0.3) is 0 Å². The first-order valence-corrected chi connectivity index (χ1v) is 7.63. The number of hydrogen-bond donors (Lipinski definition) is 1. The minimum atomic E-state index is -0.448. The van der Waals surface area contributed by atoms with E-state index in [2.05, 4.69) is 20.8 Å². The Morgan fingerprint density at radius 3 is 2.30 bits per heavy atom. The Balaban J connectivity index is 2.74. The molecule has 1 N–H and O–H groups in total. The van der Waals surface area contributed by atoms with Crippen LogP contribution in [-0.4, -0.2) is 41.4 Å². The van der Waals surface area contributed by atoms with Crippen molar-refractivity contribution in [3.63, 3.8) is 0 Å². The van der Waals surface area contributed by atoms with E-state index < -0.39 is 5.60 Å². The minimum absolute atomic E-state index is 0.126. The lowest BCUT2D eigenvalue weighted by Gasteiger charge is -2.45. The molecule has 4 heteroatoms. The number of hydrogen-bond acceptors (Lipinski definition) is 3. The molecule has 1 heterocycles. The van der Waals surface area contributed by atoms with E-state index in [0.717, 1.165) is 25.9 Å². The van der Waals surface area contributed by atoms with Crippen LogP contribution >= 0.6 is 0 Å². The van der Waals surface area contributed by atoms with Crippen LogP contribution < -0.4 is 0 Å². The predicted molar refractivity (Wildman–Crippen MR) is 80.6 cm³/mol. The SMILES string of the molecule is CC(C)(C)OC(=O)N1CCC(CCO)C(C(C)(C)C)C1. The third-order valence-electron chi connectivity index (χ3n) is 4.02. The molecule has 0 spiro atoms. The summed E-state index contributed by atoms with van der Waals surface area (Å²) in [5.74, 6) is 0.884. The molecule has 0 aliphatic carbocycles. The summed E-state index contributed by atoms with van der Waals surface area (Å²) >= 11 is 0. The van der Waals surface area contributed by atoms with Crippen LogP contribution in [0.5, 0.6) is 0 Å². The first-order chi connectivity index (χ1) is 9.04. The Morgan fingerprint density at radius 1 is 1.25 bits per heavy atom. The second kappa shape index (κ2) is 6.33. The number of piperidine rings is 1. The van der Waals surface area contributed by atoms with E-state index in [1.165, 1.54) is 0 Å². The normalized spacial score (nSPS) is 24.6. The van der Waals surface area contributed by atoms with E-state index in [1.807, 2.05) is 25.7 Å². The fourth-order valence-electron chi connectivity index (χ4n) is 2.99. The zero-order chi connectivity index (χ0) is 15.6. The van der Waals surface area contributed by atoms with Gasteiger partial charge in [0.1, 0.15) is 5.60 Å². The van der Waals surface area contributed by atoms with Crippen molar-refractivity contribution < 1.29 is 14.6 Å². The Kier molecular flexibility index (Phi) is 5.47. The van der Waals surface area contributed by atoms with Crippen LogP contribution in [0.3, 0.4) is 0 Å². The van der Waals surface area contributed by atoms with Gasteiger partial charge in [0.2, 0.25) is 0 Å². The van der Waals surface area contributed by atoms with Gasteiger partial charge in [-0.05, 0) is 50.9 Å². The number of nitrogens with zero attached hydrogens (tertiary/aromatic N) is 1. The molecule has 1 aliphatic rings. The number of carbonyl (C=O) groups is 1. The number of aliphatic hydroxyl groups excluding tert-OH is 1. The lowest BCUT2D eigenvalue weighted by Crippen LogP contribution is -2.49. The summed E-state index contributed by atoms with van der Waals surface area (Å²) in [7, 11) is 0. The van der Waals surface area contributed by atoms with Gasteiger partial charge in [-0.1, -0.05) is 20.8 Å². The largest absolute Gasteiger partial charge is 0.444 e. The molecule has 1 saturated heterocycles. The van der Waals surface area contributed by atoms with Gasteiger partial charge in [-0.3, -0.25) is 0 Å². The van der Waals surface area contributed by atoms with Crippen molar-refractivity contribution >= 4 is 6.09 Å². The van der Waals surface area contributed by atoms with Gasteiger partial charge < -0.3 is 14.7 Å². The van der Waals surface area contributed by atoms with Crippen molar-refractivity contribution in [2.45, 2.75) is 60.0 Å². The van der Waals surface area contributed by atoms with Gasteiger partial charge in [-0.2, -0.15) is 0 Å². The Hall–Kier alpha value is -0.770. The van der Waals surface area contributed by atoms with Crippen LogP contribution in [0.15, 0.2) is 0 Å². The summed E-state index contributed by atoms with van der Waals surface area (Å²) in [4.78, 5) is 14.0. The zero-order valence-electron chi connectivity index (χ0n) is 13.9. The molecule has 0 aromatic heterocycles. The summed E-state index contributed by atoms with van der Waals surface area (Å²) in [6.45, 7) is 14.0. The van der Waals surface area contributed by atoms with Crippen molar-refractivity contribution in [3.8, 4) is 0 Å². The van der Waals surface area contributed by atoms with Gasteiger partial charge in [-0.15, -0.1) is 0 Å². The van der Waals surface area contributed by atoms with E-state index >= 15 is 0 Å². The molecule has 1 fully saturated rings. The van der Waals surface area contributed by atoms with Gasteiger partial charge in [0.15, 0.2) is 0 Å². The molecule has 2 unspecified atom stereocenters. The highest BCUT2D eigenvalue weighted by Gasteiger charge is 2.38. The smallest absolute Gasteiger partial charge is 0.410 e. The Bertz CT molecular complexity index is 328. The number of likely N-dealkylation sites (tertiary alicyclic amines) is 1. The lowest BCUT2D eigenvalue weighted by molar-refractivity contribution is -0.00752. The molecule has 0 aromatic rings. The highest BCUT2D eigenvalue weighted by Crippen LogP contribution is 2.39. The van der Waals surface area contributed by atoms with Gasteiger partial charge in [0.25, 0.3) is 0 Å². The number of aliphatic hydroxyl groups is 1. The molecule has 1 amide bonds. The first kappa shape index (κ1) is 17.3. The maximum atomic E-state index is 12.2. The van der Waals surface area contributed by atoms with Crippen molar-refractivity contribution in [3.05, 3.63) is 0 Å². The van der Waals surface area contributed by atoms with Gasteiger partial charge in [0.05, 0.1) is 0 Å². The molecule has 0 saturated carbocycles. The third kappa shape index (κ3) is 4.97. The third-order valence-corrected chi connectivity index (χ3v) is 4.02. The zero-order valence-corrected chi connectivity index (χ0v) is 13.9. The summed E-state index contributed by atoms with van der Waals surface area (Å²) in [6, 6.07) is 0. The van der Waals surface area contributed by atoms with Crippen molar-refractivity contribution in [1.29, 1.82) is 0 Å². The van der Waals surface area contributed by atoms with Crippen molar-refractivity contribution in [2.75, 3.05) is 19.7 Å². The summed E-state index contributed by atoms with van der Waals surface area (Å²) in [5, 5.41) is 9.22. The topological polar surface area (TPSA) is 49.8 Å². The molecule has 118 valence electrons. The van der Waals surface area contributed by atoms with Gasteiger partial charge in [-0.25, -0.2) is 4.79 Å². The second-order valence-corrected chi connectivity index (χ2v) is 7.96. The van der Waals surface area contributed by atoms with Crippen LogP contribution in [0.1, 0.15) is 54.4 Å². The van der Waals surface area contributed by atoms with Crippen molar-refractivity contribution in [1.82, 2.24) is 4.90 Å². The molecule has 2 atom stereocenters. The fourth-order valence-corrected chi connectivity index (χ4v) is 2.99. The molecule has 20 heavy (non-hydrogen) atoms. The second-order valence-electron chi connectivity index (χ2n) is 7.96. The molecular weight excluding hydrogens is 254 g/mol. The fraction of sp³-hybridized carbons (Fsp3) is 0.938. The maximum Gasteiger partial charge on any atom is 0.410 e. The monoisotopic (exact) mass is 285 g/mol. The number of amides is 1. The van der Waals surface area contributed by atoms with Gasteiger partial charge >= 0.3 is 6.09 Å². The quantitative estimate of drug-likeness (QED) is 0.847. The molecule has 1 aliphatic heterocycles. The number of carbonyl (C=O) groups excluding carboxylic acids is 1. The van der Waals surface area contributed by atoms with Crippen LogP contribution in [0.2, 0.25) is 0 Å². The summed E-state index contributed by atoms with van der Waals surface area (Å²) in [5.41, 5.74) is -0.323. The standard InChI is InChI=1S/C16H31NO3/c1-15(2,3)13-11-17(9-7-12(13)8-10-18)14(19)20-16(4,5)6/h12-13,18H,7-11H2,1-6H3. The van der Waals surface area contributed by atoms with E-state index in [0.29, 0.717) is 11.8 Å². The van der Waals surface area contributed by atoms with E-state index in [4.69, 9.17) is 4.74 Å². The Morgan fingerprint density at radius 2 is 1.85 bits per heavy atom. The molecule has 0 aromatic carbocycles. The van der Waals surface area contributed by atoms with Gasteiger partial charge in [0, 0.05) is 19.7 Å². The average molecular weight is 285 g/mol. The maximum absolute atomic E-state index is 12.2. The van der Waals surface area contributed by atoms with Crippen LogP contribution in [0, 0.1) is 17.3 Å². The lowest BCUT2D eigenvalue weighted by atomic mass is 9.69. The summed E-state index contributed by atoms with van der Waals surface area (Å²) in [6.07, 6.45) is 1.56. The van der Waals surface area contributed by atoms with E-state index in [9.17, 15) is 9.90 Å². The number of rotatable bonds is 2. The molecule has 1 rings (SSSR count). The summed E-state index contributed by atoms with van der Waals surface area (Å²) < 4.78 is 5.47. The molecule has 0 radical (unpaired) electrons. The minimum Gasteiger partial charge on any atom is -0.444 e. The molecule has 4 nitrogen and oxygen atoms in total. The Labute approximate surface area is 123 Å².